The van der Waals surface area contributed by atoms with E-state index in [0.29, 0.717) is 12.8 Å². The molecule has 0 saturated heterocycles. The van der Waals surface area contributed by atoms with Crippen LogP contribution in [0.4, 0.5) is 0 Å². The number of rotatable bonds is 14. The van der Waals surface area contributed by atoms with Crippen LogP contribution < -0.4 is 29.6 Å². The van der Waals surface area contributed by atoms with Crippen LogP contribution in [0.25, 0.3) is 0 Å². The fourth-order valence-corrected chi connectivity index (χ4v) is 3.45. The number of hydrogen-bond donors (Lipinski definition) is 1. The average Bonchev–Trinajstić information content (AvgIpc) is 2.42. The molecule has 2 unspecified atom stereocenters. The van der Waals surface area contributed by atoms with Crippen molar-refractivity contribution in [3.8, 4) is 0 Å². The second kappa shape index (κ2) is 15.4. The zero-order chi connectivity index (χ0) is 16.1. The van der Waals surface area contributed by atoms with Crippen LogP contribution in [0.3, 0.4) is 0 Å². The molecule has 0 radical (unpaired) electrons. The maximum absolute atomic E-state index is 11.2. The van der Waals surface area contributed by atoms with Gasteiger partial charge < -0.3 is 9.66 Å². The van der Waals surface area contributed by atoms with Gasteiger partial charge in [-0.3, -0.25) is 0 Å². The molecule has 6 heteroatoms. The summed E-state index contributed by atoms with van der Waals surface area (Å²) in [4.78, 5) is 0. The van der Waals surface area contributed by atoms with Gasteiger partial charge in [0.25, 0.3) is 0 Å². The third-order valence-electron chi connectivity index (χ3n) is 4.04. The fraction of sp³-hybridized carbons (Fsp3) is 1.00. The van der Waals surface area contributed by atoms with E-state index in [1.54, 1.807) is 6.92 Å². The molecule has 128 valence electrons. The standard InChI is InChI=1S/C16H34O4S.Na/c1-3-5-6-7-8-9-10-11-12-13-16(21(18,19)20)14-15(17)4-2;/h15-17H,3-14H2,1-2H3,(H,18,19,20);/q;+1/p-1. The number of aliphatic hydroxyl groups excluding tert-OH is 1. The Hall–Kier alpha value is 0.870. The number of unbranched alkanes of at least 4 members (excludes halogenated alkanes) is 8. The summed E-state index contributed by atoms with van der Waals surface area (Å²) in [5.74, 6) is 0. The van der Waals surface area contributed by atoms with Crippen molar-refractivity contribution in [1.82, 2.24) is 0 Å². The zero-order valence-corrected chi connectivity index (χ0v) is 17.5. The topological polar surface area (TPSA) is 77.4 Å². The van der Waals surface area contributed by atoms with Crippen LogP contribution in [0.15, 0.2) is 0 Å². The molecule has 0 aliphatic heterocycles. The van der Waals surface area contributed by atoms with E-state index in [1.165, 1.54) is 38.5 Å². The summed E-state index contributed by atoms with van der Waals surface area (Å²) >= 11 is 0. The Morgan fingerprint density at radius 1 is 0.909 bits per heavy atom. The molecule has 2 atom stereocenters. The molecule has 0 aromatic rings. The quantitative estimate of drug-likeness (QED) is 0.290. The van der Waals surface area contributed by atoms with Crippen molar-refractivity contribution in [1.29, 1.82) is 0 Å². The van der Waals surface area contributed by atoms with E-state index in [9.17, 15) is 18.1 Å². The molecule has 1 N–H and O–H groups in total. The van der Waals surface area contributed by atoms with Gasteiger partial charge in [-0.1, -0.05) is 71.6 Å². The minimum absolute atomic E-state index is 0. The van der Waals surface area contributed by atoms with Gasteiger partial charge >= 0.3 is 29.6 Å². The zero-order valence-electron chi connectivity index (χ0n) is 14.7. The largest absolute Gasteiger partial charge is 1.00 e. The molecule has 0 saturated carbocycles. The van der Waals surface area contributed by atoms with Gasteiger partial charge in [0.15, 0.2) is 0 Å². The van der Waals surface area contributed by atoms with Crippen molar-refractivity contribution in [2.75, 3.05) is 0 Å². The molecule has 0 aromatic carbocycles. The van der Waals surface area contributed by atoms with Crippen LogP contribution in [-0.4, -0.2) is 29.4 Å². The predicted octanol–water partition coefficient (Wildman–Crippen LogP) is 0.986. The Morgan fingerprint density at radius 3 is 1.77 bits per heavy atom. The van der Waals surface area contributed by atoms with Crippen LogP contribution in [0.5, 0.6) is 0 Å². The summed E-state index contributed by atoms with van der Waals surface area (Å²) in [6, 6.07) is 0. The second-order valence-electron chi connectivity index (χ2n) is 6.03. The van der Waals surface area contributed by atoms with Gasteiger partial charge in [0.2, 0.25) is 0 Å². The predicted molar refractivity (Wildman–Crippen MR) is 86.2 cm³/mol. The normalized spacial score (nSPS) is 14.4. The molecule has 0 amide bonds. The molecule has 0 rings (SSSR count). The number of aliphatic hydroxyl groups is 1. The van der Waals surface area contributed by atoms with E-state index < -0.39 is 21.5 Å². The van der Waals surface area contributed by atoms with E-state index in [-0.39, 0.29) is 36.0 Å². The van der Waals surface area contributed by atoms with Crippen molar-refractivity contribution >= 4 is 10.1 Å². The van der Waals surface area contributed by atoms with Crippen molar-refractivity contribution in [3.05, 3.63) is 0 Å². The summed E-state index contributed by atoms with van der Waals surface area (Å²) in [5, 5.41) is 8.61. The first-order valence-electron chi connectivity index (χ1n) is 8.54. The summed E-state index contributed by atoms with van der Waals surface area (Å²) in [5.41, 5.74) is 0. The van der Waals surface area contributed by atoms with Crippen LogP contribution in [0.1, 0.15) is 90.9 Å². The van der Waals surface area contributed by atoms with Crippen molar-refractivity contribution < 1.29 is 47.6 Å². The molecule has 0 aliphatic rings. The monoisotopic (exact) mass is 344 g/mol. The van der Waals surface area contributed by atoms with Gasteiger partial charge in [0.1, 0.15) is 0 Å². The van der Waals surface area contributed by atoms with Crippen molar-refractivity contribution in [3.63, 3.8) is 0 Å². The van der Waals surface area contributed by atoms with E-state index in [1.807, 2.05) is 0 Å². The molecular formula is C16H33NaO4S. The van der Waals surface area contributed by atoms with Gasteiger partial charge in [-0.2, -0.15) is 0 Å². The second-order valence-corrected chi connectivity index (χ2v) is 7.68. The number of hydrogen-bond acceptors (Lipinski definition) is 4. The third kappa shape index (κ3) is 14.5. The minimum atomic E-state index is -4.29. The van der Waals surface area contributed by atoms with Gasteiger partial charge in [0, 0.05) is 0 Å². The van der Waals surface area contributed by atoms with E-state index in [0.717, 1.165) is 19.3 Å². The smallest absolute Gasteiger partial charge is 0.748 e. The maximum atomic E-state index is 11.2. The van der Waals surface area contributed by atoms with Gasteiger partial charge in [-0.15, -0.1) is 0 Å². The molecule has 0 spiro atoms. The van der Waals surface area contributed by atoms with E-state index in [4.69, 9.17) is 0 Å². The van der Waals surface area contributed by atoms with E-state index in [2.05, 4.69) is 6.92 Å². The Kier molecular flexibility index (Phi) is 17.6. The minimum Gasteiger partial charge on any atom is -0.748 e. The molecule has 22 heavy (non-hydrogen) atoms. The van der Waals surface area contributed by atoms with Crippen molar-refractivity contribution in [2.24, 2.45) is 0 Å². The average molecular weight is 344 g/mol. The first kappa shape index (κ1) is 25.1. The van der Waals surface area contributed by atoms with Gasteiger partial charge in [-0.25, -0.2) is 8.42 Å². The SMILES string of the molecule is CCCCCCCCCCCC(CC(O)CC)S(=O)(=O)[O-].[Na+]. The van der Waals surface area contributed by atoms with Crippen LogP contribution in [0.2, 0.25) is 0 Å². The molecular weight excluding hydrogens is 311 g/mol. The van der Waals surface area contributed by atoms with E-state index >= 15 is 0 Å². The Balaban J connectivity index is 0. The first-order valence-corrected chi connectivity index (χ1v) is 10.0. The third-order valence-corrected chi connectivity index (χ3v) is 5.29. The van der Waals surface area contributed by atoms with Crippen LogP contribution in [-0.2, 0) is 10.1 Å². The molecule has 0 heterocycles. The Labute approximate surface area is 159 Å². The summed E-state index contributed by atoms with van der Waals surface area (Å²) in [7, 11) is -4.29. The maximum Gasteiger partial charge on any atom is 1.00 e. The summed E-state index contributed by atoms with van der Waals surface area (Å²) < 4.78 is 33.5. The summed E-state index contributed by atoms with van der Waals surface area (Å²) in [6.07, 6.45) is 10.7. The molecule has 0 fully saturated rings. The van der Waals surface area contributed by atoms with Gasteiger partial charge in [0.05, 0.1) is 21.5 Å². The van der Waals surface area contributed by atoms with Crippen LogP contribution in [0, 0.1) is 0 Å². The fourth-order valence-electron chi connectivity index (χ4n) is 2.53. The van der Waals surface area contributed by atoms with Crippen LogP contribution >= 0.6 is 0 Å². The van der Waals surface area contributed by atoms with Gasteiger partial charge in [-0.05, 0) is 19.3 Å². The molecule has 0 aliphatic carbocycles. The first-order chi connectivity index (χ1) is 9.91. The molecule has 4 nitrogen and oxygen atoms in total. The molecule has 0 aromatic heterocycles. The van der Waals surface area contributed by atoms with Crippen molar-refractivity contribution in [2.45, 2.75) is 102 Å². The Morgan fingerprint density at radius 2 is 1.36 bits per heavy atom. The summed E-state index contributed by atoms with van der Waals surface area (Å²) in [6.45, 7) is 3.99. The molecule has 0 bridgehead atoms. The Bertz CT molecular complexity index is 333.